The Morgan fingerprint density at radius 1 is 1.40 bits per heavy atom. The van der Waals surface area contributed by atoms with Crippen LogP contribution in [0.1, 0.15) is 44.4 Å². The number of piperidine rings is 1. The zero-order chi connectivity index (χ0) is 14.9. The molecule has 0 saturated carbocycles. The van der Waals surface area contributed by atoms with Gasteiger partial charge in [-0.15, -0.1) is 4.83 Å². The Hall–Kier alpha value is -0.960. The minimum Gasteiger partial charge on any atom is -0.326 e. The number of aryl methyl sites for hydroxylation is 1. The molecule has 114 valence electrons. The molecule has 1 aliphatic rings. The van der Waals surface area contributed by atoms with E-state index in [1.165, 1.54) is 0 Å². The lowest BCUT2D eigenvalue weighted by Gasteiger charge is -2.38. The molecular formula is C12H23N5O2S. The Bertz CT molecular complexity index is 558. The van der Waals surface area contributed by atoms with E-state index in [1.807, 2.05) is 18.9 Å². The van der Waals surface area contributed by atoms with Crippen molar-refractivity contribution < 1.29 is 8.42 Å². The summed E-state index contributed by atoms with van der Waals surface area (Å²) >= 11 is 0. The lowest BCUT2D eigenvalue weighted by Crippen LogP contribution is -2.54. The molecule has 2 rings (SSSR count). The second-order valence-electron chi connectivity index (χ2n) is 5.47. The van der Waals surface area contributed by atoms with Crippen molar-refractivity contribution in [2.24, 2.45) is 5.73 Å². The van der Waals surface area contributed by atoms with Crippen LogP contribution in [-0.2, 0) is 16.6 Å². The summed E-state index contributed by atoms with van der Waals surface area (Å²) in [5.74, 6) is 0. The van der Waals surface area contributed by atoms with Crippen LogP contribution in [0.4, 0.5) is 0 Å². The number of H-pyrrole nitrogens is 1. The molecule has 2 atom stereocenters. The van der Waals surface area contributed by atoms with Crippen molar-refractivity contribution in [1.82, 2.24) is 20.0 Å². The molecule has 2 heterocycles. The summed E-state index contributed by atoms with van der Waals surface area (Å²) in [7, 11) is -3.69. The second-order valence-corrected chi connectivity index (χ2v) is 7.04. The molecule has 0 aromatic carbocycles. The lowest BCUT2D eigenvalue weighted by atomic mass is 10.0. The molecule has 2 unspecified atom stereocenters. The van der Waals surface area contributed by atoms with Crippen LogP contribution in [0.5, 0.6) is 0 Å². The maximum Gasteiger partial charge on any atom is 0.273 e. The average Bonchev–Trinajstić information content (AvgIpc) is 2.76. The van der Waals surface area contributed by atoms with Crippen LogP contribution in [0.25, 0.3) is 0 Å². The number of nitrogens with zero attached hydrogens (tertiary/aromatic N) is 2. The van der Waals surface area contributed by atoms with Gasteiger partial charge in [-0.1, -0.05) is 6.42 Å². The van der Waals surface area contributed by atoms with E-state index >= 15 is 0 Å². The number of hydrogen-bond acceptors (Lipinski definition) is 5. The predicted octanol–water partition coefficient (Wildman–Crippen LogP) is 0.633. The molecule has 0 radical (unpaired) electrons. The molecule has 4 N–H and O–H groups in total. The van der Waals surface area contributed by atoms with E-state index in [9.17, 15) is 8.42 Å². The van der Waals surface area contributed by atoms with Crippen molar-refractivity contribution in [3.63, 3.8) is 0 Å². The van der Waals surface area contributed by atoms with Crippen molar-refractivity contribution in [2.75, 3.05) is 0 Å². The molecule has 1 aliphatic heterocycles. The number of hydrogen-bond donors (Lipinski definition) is 3. The molecule has 1 aromatic heterocycles. The summed E-state index contributed by atoms with van der Waals surface area (Å²) in [6, 6.07) is 0.352. The zero-order valence-electron chi connectivity index (χ0n) is 12.2. The van der Waals surface area contributed by atoms with Gasteiger partial charge in [0.1, 0.15) is 0 Å². The Kier molecular flexibility index (Phi) is 4.48. The van der Waals surface area contributed by atoms with Crippen LogP contribution in [-0.4, -0.2) is 35.7 Å². The number of sulfonamides is 1. The second kappa shape index (κ2) is 5.80. The van der Waals surface area contributed by atoms with Crippen molar-refractivity contribution in [2.45, 2.75) is 63.7 Å². The smallest absolute Gasteiger partial charge is 0.273 e. The number of nitrogens with one attached hydrogen (secondary N) is 2. The molecule has 0 amide bonds. The Morgan fingerprint density at radius 3 is 2.55 bits per heavy atom. The number of nitrogens with two attached hydrogens (primary N) is 1. The number of rotatable bonds is 4. The highest BCUT2D eigenvalue weighted by molar-refractivity contribution is 7.89. The Morgan fingerprint density at radius 2 is 2.00 bits per heavy atom. The van der Waals surface area contributed by atoms with E-state index in [0.717, 1.165) is 19.3 Å². The molecular weight excluding hydrogens is 278 g/mol. The van der Waals surface area contributed by atoms with Gasteiger partial charge in [-0.05, 0) is 33.6 Å². The molecule has 0 spiro atoms. The van der Waals surface area contributed by atoms with E-state index in [0.29, 0.717) is 11.3 Å². The molecule has 20 heavy (non-hydrogen) atoms. The van der Waals surface area contributed by atoms with Gasteiger partial charge in [-0.2, -0.15) is 5.10 Å². The molecule has 0 bridgehead atoms. The van der Waals surface area contributed by atoms with Gasteiger partial charge in [0, 0.05) is 29.9 Å². The maximum atomic E-state index is 12.5. The molecule has 8 heteroatoms. The molecule has 7 nitrogen and oxygen atoms in total. The maximum absolute atomic E-state index is 12.5. The summed E-state index contributed by atoms with van der Waals surface area (Å²) < 4.78 is 25.0. The van der Waals surface area contributed by atoms with E-state index in [1.54, 1.807) is 6.92 Å². The number of aromatic nitrogens is 2. The minimum absolute atomic E-state index is 0.00229. The van der Waals surface area contributed by atoms with Gasteiger partial charge in [0.15, 0.2) is 5.03 Å². The van der Waals surface area contributed by atoms with Crippen LogP contribution >= 0.6 is 0 Å². The third-order valence-electron chi connectivity index (χ3n) is 3.91. The van der Waals surface area contributed by atoms with E-state index in [-0.39, 0.29) is 23.7 Å². The van der Waals surface area contributed by atoms with Gasteiger partial charge in [-0.3, -0.25) is 5.10 Å². The first-order chi connectivity index (χ1) is 9.36. The number of hydrazine groups is 1. The van der Waals surface area contributed by atoms with Crippen LogP contribution in [0.15, 0.2) is 5.03 Å². The topological polar surface area (TPSA) is 104 Å². The van der Waals surface area contributed by atoms with Gasteiger partial charge < -0.3 is 5.73 Å². The molecule has 1 saturated heterocycles. The van der Waals surface area contributed by atoms with Gasteiger partial charge >= 0.3 is 0 Å². The van der Waals surface area contributed by atoms with Crippen LogP contribution in [0.2, 0.25) is 0 Å². The summed E-state index contributed by atoms with van der Waals surface area (Å²) in [4.78, 5) is 2.67. The third kappa shape index (κ3) is 2.88. The highest BCUT2D eigenvalue weighted by Crippen LogP contribution is 2.23. The Balaban J connectivity index is 2.26. The summed E-state index contributed by atoms with van der Waals surface area (Å²) in [6.07, 6.45) is 3.09. The van der Waals surface area contributed by atoms with Crippen LogP contribution in [0, 0.1) is 6.92 Å². The van der Waals surface area contributed by atoms with E-state index in [2.05, 4.69) is 15.0 Å². The zero-order valence-corrected chi connectivity index (χ0v) is 13.0. The highest BCUT2D eigenvalue weighted by atomic mass is 32.2. The molecule has 0 aliphatic carbocycles. The fraction of sp³-hybridized carbons (Fsp3) is 0.750. The van der Waals surface area contributed by atoms with Crippen LogP contribution < -0.4 is 10.6 Å². The van der Waals surface area contributed by atoms with Gasteiger partial charge in [-0.25, -0.2) is 13.4 Å². The third-order valence-corrected chi connectivity index (χ3v) is 5.21. The fourth-order valence-corrected chi connectivity index (χ4v) is 4.13. The van der Waals surface area contributed by atoms with Gasteiger partial charge in [0.2, 0.25) is 0 Å². The first kappa shape index (κ1) is 15.4. The van der Waals surface area contributed by atoms with E-state index in [4.69, 9.17) is 5.73 Å². The van der Waals surface area contributed by atoms with Crippen molar-refractivity contribution >= 4 is 10.0 Å². The van der Waals surface area contributed by atoms with Crippen molar-refractivity contribution in [3.05, 3.63) is 11.3 Å². The van der Waals surface area contributed by atoms with E-state index < -0.39 is 10.0 Å². The van der Waals surface area contributed by atoms with Crippen LogP contribution in [0.3, 0.4) is 0 Å². The molecule has 1 fully saturated rings. The molecule has 1 aromatic rings. The average molecular weight is 301 g/mol. The van der Waals surface area contributed by atoms with Crippen molar-refractivity contribution in [3.8, 4) is 0 Å². The van der Waals surface area contributed by atoms with Gasteiger partial charge in [0.25, 0.3) is 10.0 Å². The SMILES string of the molecule is Cc1[nH]nc(S(=O)(=O)NN2C(C)CCCC2C)c1CN. The normalized spacial score (nSPS) is 25.0. The quantitative estimate of drug-likeness (QED) is 0.757. The summed E-state index contributed by atoms with van der Waals surface area (Å²) in [5.41, 5.74) is 6.84. The first-order valence-electron chi connectivity index (χ1n) is 6.91. The predicted molar refractivity (Wildman–Crippen MR) is 76.2 cm³/mol. The first-order valence-corrected chi connectivity index (χ1v) is 8.39. The highest BCUT2D eigenvalue weighted by Gasteiger charge is 2.31. The Labute approximate surface area is 119 Å². The number of aromatic amines is 1. The summed E-state index contributed by atoms with van der Waals surface area (Å²) in [5, 5.41) is 8.39. The fourth-order valence-electron chi connectivity index (χ4n) is 2.68. The summed E-state index contributed by atoms with van der Waals surface area (Å²) in [6.45, 7) is 5.96. The van der Waals surface area contributed by atoms with Gasteiger partial charge in [0.05, 0.1) is 0 Å². The minimum atomic E-state index is -3.69. The standard InChI is InChI=1S/C12H23N5O2S/c1-8-5-4-6-9(2)17(8)16-20(18,19)12-11(7-13)10(3)14-15-12/h8-9,16H,4-7,13H2,1-3H3,(H,14,15). The van der Waals surface area contributed by atoms with Crippen molar-refractivity contribution in [1.29, 1.82) is 0 Å². The lowest BCUT2D eigenvalue weighted by molar-refractivity contribution is 0.0789. The largest absolute Gasteiger partial charge is 0.326 e. The monoisotopic (exact) mass is 301 g/mol.